The molecule has 10 heteroatoms. The number of nitrogens with zero attached hydrogens (tertiary/aromatic N) is 1. The lowest BCUT2D eigenvalue weighted by molar-refractivity contribution is -0.299. The van der Waals surface area contributed by atoms with Crippen molar-refractivity contribution >= 4 is 23.9 Å². The number of benzene rings is 1. The van der Waals surface area contributed by atoms with E-state index in [9.17, 15) is 19.2 Å². The van der Waals surface area contributed by atoms with E-state index in [2.05, 4.69) is 4.98 Å². The Kier molecular flexibility index (Phi) is 7.87. The number of aromatic nitrogens is 1. The molecule has 7 unspecified atom stereocenters. The predicted molar refractivity (Wildman–Crippen MR) is 148 cm³/mol. The second-order valence-electron chi connectivity index (χ2n) is 12.0. The van der Waals surface area contributed by atoms with Crippen LogP contribution < -0.4 is 0 Å². The second kappa shape index (κ2) is 11.1. The third kappa shape index (κ3) is 4.95. The Hall–Kier alpha value is -3.79. The fraction of sp³-hybridized carbons (Fsp3) is 0.531. The Morgan fingerprint density at radius 2 is 1.62 bits per heavy atom. The first kappa shape index (κ1) is 29.7. The molecule has 2 aromatic rings. The van der Waals surface area contributed by atoms with Gasteiger partial charge in [-0.3, -0.25) is 9.59 Å². The molecule has 2 saturated carbocycles. The van der Waals surface area contributed by atoms with Crippen molar-refractivity contribution in [3.05, 3.63) is 66.0 Å². The van der Waals surface area contributed by atoms with Gasteiger partial charge in [0, 0.05) is 26.0 Å². The van der Waals surface area contributed by atoms with Gasteiger partial charge in [-0.1, -0.05) is 31.2 Å². The molecule has 3 fully saturated rings. The number of esters is 4. The molecule has 1 aliphatic heterocycles. The lowest BCUT2D eigenvalue weighted by Gasteiger charge is -2.61. The van der Waals surface area contributed by atoms with E-state index in [1.54, 1.807) is 42.5 Å². The zero-order chi connectivity index (χ0) is 30.3. The highest BCUT2D eigenvalue weighted by Gasteiger charge is 2.80. The minimum atomic E-state index is -1.69. The van der Waals surface area contributed by atoms with Crippen molar-refractivity contribution in [2.75, 3.05) is 6.61 Å². The van der Waals surface area contributed by atoms with Crippen LogP contribution in [0.25, 0.3) is 0 Å². The highest BCUT2D eigenvalue weighted by atomic mass is 16.6. The van der Waals surface area contributed by atoms with Gasteiger partial charge in [-0.2, -0.15) is 0 Å². The third-order valence-corrected chi connectivity index (χ3v) is 9.15. The molecule has 0 radical (unpaired) electrons. The molecule has 7 atom stereocenters. The summed E-state index contributed by atoms with van der Waals surface area (Å²) in [5, 5.41) is 0. The van der Waals surface area contributed by atoms with Crippen molar-refractivity contribution in [1.29, 1.82) is 0 Å². The van der Waals surface area contributed by atoms with E-state index < -0.39 is 58.8 Å². The van der Waals surface area contributed by atoms with Crippen LogP contribution >= 0.6 is 0 Å². The lowest BCUT2D eigenvalue weighted by atomic mass is 9.51. The SMILES string of the molecule is CC(=O)OC1C2CC3(OC2(C)C)C(C)CCC(OC(C)=O)C3(OC(=O)c2ccccn2)C1COC(=O)c1ccccc1. The minimum Gasteiger partial charge on any atom is -0.462 e. The van der Waals surface area contributed by atoms with Crippen LogP contribution in [0.4, 0.5) is 0 Å². The molecule has 1 aromatic heterocycles. The highest BCUT2D eigenvalue weighted by molar-refractivity contribution is 5.89. The van der Waals surface area contributed by atoms with Crippen LogP contribution in [0.2, 0.25) is 0 Å². The van der Waals surface area contributed by atoms with E-state index in [4.69, 9.17) is 23.7 Å². The van der Waals surface area contributed by atoms with Gasteiger partial charge in [-0.25, -0.2) is 14.6 Å². The summed E-state index contributed by atoms with van der Waals surface area (Å²) in [6.45, 7) is 8.15. The summed E-state index contributed by atoms with van der Waals surface area (Å²) in [4.78, 5) is 56.3. The zero-order valence-electron chi connectivity index (χ0n) is 24.5. The first-order valence-corrected chi connectivity index (χ1v) is 14.3. The summed E-state index contributed by atoms with van der Waals surface area (Å²) in [5.74, 6) is -3.89. The Labute approximate surface area is 245 Å². The van der Waals surface area contributed by atoms with E-state index in [-0.39, 0.29) is 24.1 Å². The molecule has 3 aliphatic rings. The molecule has 1 aromatic carbocycles. The number of fused-ring (bicyclic) bond motifs is 1. The van der Waals surface area contributed by atoms with Crippen LogP contribution in [0.3, 0.4) is 0 Å². The fourth-order valence-corrected chi connectivity index (χ4v) is 7.46. The monoisotopic (exact) mass is 579 g/mol. The summed E-state index contributed by atoms with van der Waals surface area (Å²) in [6.07, 6.45) is 0.948. The lowest BCUT2D eigenvalue weighted by Crippen LogP contribution is -2.76. The number of carbonyl (C=O) groups is 4. The van der Waals surface area contributed by atoms with Crippen LogP contribution in [0, 0.1) is 17.8 Å². The Morgan fingerprint density at radius 1 is 0.929 bits per heavy atom. The minimum absolute atomic E-state index is 0.0465. The van der Waals surface area contributed by atoms with Crippen molar-refractivity contribution in [2.45, 2.75) is 82.9 Å². The van der Waals surface area contributed by atoms with Crippen LogP contribution in [0.1, 0.15) is 74.7 Å². The van der Waals surface area contributed by atoms with Crippen molar-refractivity contribution in [1.82, 2.24) is 4.98 Å². The molecule has 1 spiro atoms. The smallest absolute Gasteiger partial charge is 0.357 e. The molecular formula is C32H37NO9. The molecule has 0 amide bonds. The van der Waals surface area contributed by atoms with E-state index in [1.807, 2.05) is 20.8 Å². The molecule has 5 rings (SSSR count). The number of carbonyl (C=O) groups excluding carboxylic acids is 4. The Morgan fingerprint density at radius 3 is 2.26 bits per heavy atom. The Bertz CT molecular complexity index is 1350. The first-order chi connectivity index (χ1) is 19.9. The van der Waals surface area contributed by atoms with Gasteiger partial charge in [0.15, 0.2) is 5.60 Å². The third-order valence-electron chi connectivity index (χ3n) is 9.15. The average molecular weight is 580 g/mol. The normalized spacial score (nSPS) is 32.6. The average Bonchev–Trinajstić information content (AvgIpc) is 3.22. The number of hydrogen-bond acceptors (Lipinski definition) is 10. The molecule has 2 heterocycles. The van der Waals surface area contributed by atoms with E-state index in [1.165, 1.54) is 26.1 Å². The van der Waals surface area contributed by atoms with Crippen molar-refractivity contribution in [3.63, 3.8) is 0 Å². The second-order valence-corrected chi connectivity index (χ2v) is 12.0. The van der Waals surface area contributed by atoms with Gasteiger partial charge in [0.2, 0.25) is 0 Å². The van der Waals surface area contributed by atoms with Crippen molar-refractivity contribution in [2.24, 2.45) is 17.8 Å². The van der Waals surface area contributed by atoms with Gasteiger partial charge >= 0.3 is 23.9 Å². The molecule has 0 N–H and O–H groups in total. The number of pyridine rings is 1. The fourth-order valence-electron chi connectivity index (χ4n) is 7.46. The number of ether oxygens (including phenoxy) is 5. The van der Waals surface area contributed by atoms with E-state index in [0.717, 1.165) is 0 Å². The van der Waals surface area contributed by atoms with Crippen molar-refractivity contribution in [3.8, 4) is 0 Å². The van der Waals surface area contributed by atoms with Crippen LogP contribution in [0.5, 0.6) is 0 Å². The predicted octanol–water partition coefficient (Wildman–Crippen LogP) is 4.31. The van der Waals surface area contributed by atoms with Gasteiger partial charge < -0.3 is 23.7 Å². The molecule has 2 bridgehead atoms. The first-order valence-electron chi connectivity index (χ1n) is 14.3. The summed E-state index contributed by atoms with van der Waals surface area (Å²) in [5.41, 5.74) is -3.28. The molecular weight excluding hydrogens is 542 g/mol. The largest absolute Gasteiger partial charge is 0.462 e. The maximum atomic E-state index is 13.9. The highest BCUT2D eigenvalue weighted by Crippen LogP contribution is 2.66. The zero-order valence-corrected chi connectivity index (χ0v) is 24.5. The van der Waals surface area contributed by atoms with E-state index >= 15 is 0 Å². The summed E-state index contributed by atoms with van der Waals surface area (Å²) >= 11 is 0. The topological polar surface area (TPSA) is 127 Å². The van der Waals surface area contributed by atoms with E-state index in [0.29, 0.717) is 24.8 Å². The van der Waals surface area contributed by atoms with Gasteiger partial charge in [0.1, 0.15) is 30.1 Å². The number of hydrogen-bond donors (Lipinski definition) is 0. The molecule has 1 saturated heterocycles. The van der Waals surface area contributed by atoms with Gasteiger partial charge in [0.25, 0.3) is 0 Å². The summed E-state index contributed by atoms with van der Waals surface area (Å²) in [6, 6.07) is 13.4. The standard InChI is InChI=1S/C32H37NO9/c1-19-14-15-26(39-20(2)34)32(41-29(37)25-13-9-10-16-33-25)24(18-38-28(36)22-11-7-6-8-12-22)27(40-21(3)35)23-17-31(19,32)42-30(23,4)5/h6-13,16,19,23-24,26-27H,14-15,17-18H2,1-5H3. The Balaban J connectivity index is 1.70. The molecule has 10 nitrogen and oxygen atoms in total. The maximum Gasteiger partial charge on any atom is 0.357 e. The molecule has 2 aliphatic carbocycles. The maximum absolute atomic E-state index is 13.9. The van der Waals surface area contributed by atoms with Crippen LogP contribution in [-0.4, -0.2) is 64.5 Å². The number of rotatable bonds is 7. The quantitative estimate of drug-likeness (QED) is 0.346. The van der Waals surface area contributed by atoms with Crippen LogP contribution in [-0.2, 0) is 33.3 Å². The van der Waals surface area contributed by atoms with Gasteiger partial charge in [-0.15, -0.1) is 0 Å². The molecule has 42 heavy (non-hydrogen) atoms. The van der Waals surface area contributed by atoms with Crippen LogP contribution in [0.15, 0.2) is 54.7 Å². The molecule has 224 valence electrons. The summed E-state index contributed by atoms with van der Waals surface area (Å²) in [7, 11) is 0. The van der Waals surface area contributed by atoms with Gasteiger partial charge in [0.05, 0.1) is 17.1 Å². The van der Waals surface area contributed by atoms with Gasteiger partial charge in [-0.05, 0) is 63.3 Å². The summed E-state index contributed by atoms with van der Waals surface area (Å²) < 4.78 is 31.3. The van der Waals surface area contributed by atoms with Crippen molar-refractivity contribution < 1.29 is 42.9 Å².